The van der Waals surface area contributed by atoms with Crippen LogP contribution in [-0.2, 0) is 15.0 Å². The molecule has 7 nitrogen and oxygen atoms in total. The number of anilines is 1. The minimum Gasteiger partial charge on any atom is -0.495 e. The van der Waals surface area contributed by atoms with Crippen LogP contribution in [0.3, 0.4) is 0 Å². The van der Waals surface area contributed by atoms with Crippen molar-refractivity contribution < 1.29 is 17.9 Å². The lowest BCUT2D eigenvalue weighted by Crippen LogP contribution is -2.48. The minimum atomic E-state index is -3.43. The van der Waals surface area contributed by atoms with E-state index in [1.165, 1.54) is 8.61 Å². The molecule has 1 heterocycles. The molecule has 1 amide bonds. The van der Waals surface area contributed by atoms with Crippen molar-refractivity contribution in [3.8, 4) is 5.75 Å². The van der Waals surface area contributed by atoms with Gasteiger partial charge in [-0.3, -0.25) is 4.79 Å². The fourth-order valence-corrected chi connectivity index (χ4v) is 4.70. The second-order valence-electron chi connectivity index (χ2n) is 5.95. The number of amides is 1. The van der Waals surface area contributed by atoms with E-state index in [2.05, 4.69) is 5.32 Å². The average molecular weight is 369 g/mol. The lowest BCUT2D eigenvalue weighted by molar-refractivity contribution is -0.120. The summed E-state index contributed by atoms with van der Waals surface area (Å²) in [6.45, 7) is 5.29. The van der Waals surface area contributed by atoms with E-state index in [1.807, 2.05) is 26.0 Å². The highest BCUT2D eigenvalue weighted by atomic mass is 32.2. The predicted octanol–water partition coefficient (Wildman–Crippen LogP) is 1.93. The van der Waals surface area contributed by atoms with E-state index in [0.29, 0.717) is 50.5 Å². The van der Waals surface area contributed by atoms with Gasteiger partial charge in [0.05, 0.1) is 12.8 Å². The van der Waals surface area contributed by atoms with Gasteiger partial charge in [-0.2, -0.15) is 17.0 Å². The Kier molecular flexibility index (Phi) is 6.80. The standard InChI is InChI=1S/C17H27N3O4S/c1-4-19(5-2)25(22,23)20-12-10-14(11-13-20)17(21)18-15-8-6-7-9-16(15)24-3/h6-9,14H,4-5,10-13H2,1-3H3,(H,18,21). The summed E-state index contributed by atoms with van der Waals surface area (Å²) in [5.41, 5.74) is 0.633. The number of hydrogen-bond acceptors (Lipinski definition) is 4. The molecular formula is C17H27N3O4S. The summed E-state index contributed by atoms with van der Waals surface area (Å²) in [6, 6.07) is 7.24. The lowest BCUT2D eigenvalue weighted by Gasteiger charge is -2.33. The zero-order valence-electron chi connectivity index (χ0n) is 15.1. The molecule has 0 atom stereocenters. The maximum atomic E-state index is 12.5. The molecule has 2 rings (SSSR count). The number of carbonyl (C=O) groups is 1. The third-order valence-corrected chi connectivity index (χ3v) is 6.73. The SMILES string of the molecule is CCN(CC)S(=O)(=O)N1CCC(C(=O)Nc2ccccc2OC)CC1. The van der Waals surface area contributed by atoms with Crippen molar-refractivity contribution in [3.05, 3.63) is 24.3 Å². The zero-order valence-corrected chi connectivity index (χ0v) is 15.9. The van der Waals surface area contributed by atoms with Gasteiger partial charge < -0.3 is 10.1 Å². The van der Waals surface area contributed by atoms with Crippen LogP contribution in [0.4, 0.5) is 5.69 Å². The number of methoxy groups -OCH3 is 1. The van der Waals surface area contributed by atoms with Crippen molar-refractivity contribution in [2.45, 2.75) is 26.7 Å². The summed E-state index contributed by atoms with van der Waals surface area (Å²) in [5, 5.41) is 2.89. The number of para-hydroxylation sites is 2. The van der Waals surface area contributed by atoms with Gasteiger partial charge in [-0.1, -0.05) is 26.0 Å². The summed E-state index contributed by atoms with van der Waals surface area (Å²) in [5.74, 6) is 0.315. The second-order valence-corrected chi connectivity index (χ2v) is 7.88. The van der Waals surface area contributed by atoms with E-state index >= 15 is 0 Å². The van der Waals surface area contributed by atoms with Crippen LogP contribution < -0.4 is 10.1 Å². The summed E-state index contributed by atoms with van der Waals surface area (Å²) < 4.78 is 33.2. The number of nitrogens with zero attached hydrogens (tertiary/aromatic N) is 2. The molecule has 0 radical (unpaired) electrons. The monoisotopic (exact) mass is 369 g/mol. The highest BCUT2D eigenvalue weighted by Gasteiger charge is 2.33. The average Bonchev–Trinajstić information content (AvgIpc) is 2.63. The van der Waals surface area contributed by atoms with Crippen LogP contribution >= 0.6 is 0 Å². The number of piperidine rings is 1. The van der Waals surface area contributed by atoms with Gasteiger partial charge in [0.2, 0.25) is 5.91 Å². The Hall–Kier alpha value is -1.64. The van der Waals surface area contributed by atoms with Crippen LogP contribution in [0.1, 0.15) is 26.7 Å². The number of carbonyl (C=O) groups excluding carboxylic acids is 1. The number of ether oxygens (including phenoxy) is 1. The van der Waals surface area contributed by atoms with Crippen LogP contribution in [0.25, 0.3) is 0 Å². The molecule has 0 bridgehead atoms. The Labute approximate surface area is 150 Å². The third kappa shape index (κ3) is 4.50. The highest BCUT2D eigenvalue weighted by molar-refractivity contribution is 7.86. The molecule has 0 aromatic heterocycles. The normalized spacial score (nSPS) is 16.8. The molecule has 0 unspecified atom stereocenters. The molecule has 0 aliphatic carbocycles. The Balaban J connectivity index is 1.96. The van der Waals surface area contributed by atoms with Gasteiger partial charge in [-0.05, 0) is 25.0 Å². The molecule has 1 aromatic rings. The second kappa shape index (κ2) is 8.64. The van der Waals surface area contributed by atoms with Gasteiger partial charge >= 0.3 is 0 Å². The molecular weight excluding hydrogens is 342 g/mol. The lowest BCUT2D eigenvalue weighted by atomic mass is 9.97. The van der Waals surface area contributed by atoms with E-state index < -0.39 is 10.2 Å². The molecule has 1 fully saturated rings. The summed E-state index contributed by atoms with van der Waals surface area (Å²) in [6.07, 6.45) is 1.03. The van der Waals surface area contributed by atoms with Crippen molar-refractivity contribution in [3.63, 3.8) is 0 Å². The fraction of sp³-hybridized carbons (Fsp3) is 0.588. The van der Waals surface area contributed by atoms with E-state index in [-0.39, 0.29) is 11.8 Å². The number of hydrogen-bond donors (Lipinski definition) is 1. The molecule has 1 saturated heterocycles. The van der Waals surface area contributed by atoms with Gasteiger partial charge in [-0.25, -0.2) is 0 Å². The first-order valence-corrected chi connectivity index (χ1v) is 10.0. The Bertz CT molecular complexity index is 681. The minimum absolute atomic E-state index is 0.0932. The summed E-state index contributed by atoms with van der Waals surface area (Å²) in [7, 11) is -1.87. The third-order valence-electron chi connectivity index (χ3n) is 4.55. The van der Waals surface area contributed by atoms with Crippen molar-refractivity contribution in [1.82, 2.24) is 8.61 Å². The Morgan fingerprint density at radius 1 is 1.24 bits per heavy atom. The quantitative estimate of drug-likeness (QED) is 0.797. The fourth-order valence-electron chi connectivity index (χ4n) is 3.04. The summed E-state index contributed by atoms with van der Waals surface area (Å²) >= 11 is 0. The van der Waals surface area contributed by atoms with E-state index in [0.717, 1.165) is 0 Å². The Morgan fingerprint density at radius 2 is 1.84 bits per heavy atom. The van der Waals surface area contributed by atoms with Crippen molar-refractivity contribution in [2.75, 3.05) is 38.6 Å². The first-order valence-electron chi connectivity index (χ1n) is 8.63. The van der Waals surface area contributed by atoms with Crippen molar-refractivity contribution in [2.24, 2.45) is 5.92 Å². The van der Waals surface area contributed by atoms with Gasteiger partial charge in [0.25, 0.3) is 10.2 Å². The highest BCUT2D eigenvalue weighted by Crippen LogP contribution is 2.26. The molecule has 1 N–H and O–H groups in total. The maximum Gasteiger partial charge on any atom is 0.281 e. The first kappa shape index (κ1) is 19.7. The van der Waals surface area contributed by atoms with Gasteiger partial charge in [0, 0.05) is 32.1 Å². The van der Waals surface area contributed by atoms with Crippen LogP contribution in [0.5, 0.6) is 5.75 Å². The van der Waals surface area contributed by atoms with Crippen LogP contribution in [0.2, 0.25) is 0 Å². The van der Waals surface area contributed by atoms with Crippen LogP contribution in [-0.4, -0.2) is 56.2 Å². The summed E-state index contributed by atoms with van der Waals surface area (Å²) in [4.78, 5) is 12.5. The van der Waals surface area contributed by atoms with Crippen LogP contribution in [0.15, 0.2) is 24.3 Å². The molecule has 1 aliphatic rings. The molecule has 1 aromatic carbocycles. The van der Waals surface area contributed by atoms with Gasteiger partial charge in [0.15, 0.2) is 0 Å². The van der Waals surface area contributed by atoms with E-state index in [9.17, 15) is 13.2 Å². The molecule has 140 valence electrons. The predicted molar refractivity (Wildman–Crippen MR) is 97.8 cm³/mol. The molecule has 8 heteroatoms. The van der Waals surface area contributed by atoms with Crippen LogP contribution in [0, 0.1) is 5.92 Å². The number of nitrogens with one attached hydrogen (secondary N) is 1. The zero-order chi connectivity index (χ0) is 18.4. The van der Waals surface area contributed by atoms with E-state index in [1.54, 1.807) is 19.2 Å². The smallest absolute Gasteiger partial charge is 0.281 e. The van der Waals surface area contributed by atoms with Gasteiger partial charge in [-0.15, -0.1) is 0 Å². The Morgan fingerprint density at radius 3 is 2.40 bits per heavy atom. The maximum absolute atomic E-state index is 12.5. The molecule has 0 saturated carbocycles. The largest absolute Gasteiger partial charge is 0.495 e. The van der Waals surface area contributed by atoms with Crippen molar-refractivity contribution >= 4 is 21.8 Å². The first-order chi connectivity index (χ1) is 11.9. The topological polar surface area (TPSA) is 79.0 Å². The van der Waals surface area contributed by atoms with Crippen molar-refractivity contribution in [1.29, 1.82) is 0 Å². The van der Waals surface area contributed by atoms with Gasteiger partial charge in [0.1, 0.15) is 5.75 Å². The molecule has 1 aliphatic heterocycles. The number of rotatable bonds is 7. The molecule has 25 heavy (non-hydrogen) atoms. The molecule has 0 spiro atoms. The number of benzene rings is 1. The van der Waals surface area contributed by atoms with E-state index in [4.69, 9.17) is 4.74 Å².